The second-order valence-corrected chi connectivity index (χ2v) is 12.8. The molecule has 43 heavy (non-hydrogen) atoms. The molecule has 0 unspecified atom stereocenters. The van der Waals surface area contributed by atoms with Crippen LogP contribution in [0.1, 0.15) is 78.1 Å². The highest BCUT2D eigenvalue weighted by atomic mass is 16.6. The van der Waals surface area contributed by atoms with Crippen LogP contribution >= 0.6 is 0 Å². The summed E-state index contributed by atoms with van der Waals surface area (Å²) in [4.78, 5) is 51.3. The maximum Gasteiger partial charge on any atom is 0.338 e. The molecular weight excluding hydrogens is 556 g/mol. The summed E-state index contributed by atoms with van der Waals surface area (Å²) in [6.07, 6.45) is -5.39. The minimum Gasteiger partial charge on any atom is -0.458 e. The molecule has 3 aliphatic carbocycles. The number of fused-ring (bicyclic) bond motifs is 3. The van der Waals surface area contributed by atoms with Crippen LogP contribution in [0.2, 0.25) is 0 Å². The lowest BCUT2D eigenvalue weighted by molar-refractivity contribution is -0.234. The number of hydrogen-bond acceptors (Lipinski definition) is 10. The van der Waals surface area contributed by atoms with Gasteiger partial charge in [0, 0.05) is 43.9 Å². The van der Waals surface area contributed by atoms with Gasteiger partial charge in [-0.25, -0.2) is 4.79 Å². The number of rotatable bonds is 5. The molecule has 0 radical (unpaired) electrons. The number of carbonyl (C=O) groups is 4. The second-order valence-electron chi connectivity index (χ2n) is 12.8. The molecule has 0 heterocycles. The van der Waals surface area contributed by atoms with Crippen LogP contribution in [0.4, 0.5) is 0 Å². The lowest BCUT2D eigenvalue weighted by Gasteiger charge is -2.62. The summed E-state index contributed by atoms with van der Waals surface area (Å²) < 4.78 is 24.0. The van der Waals surface area contributed by atoms with E-state index in [1.807, 2.05) is 0 Å². The fourth-order valence-electron chi connectivity index (χ4n) is 7.62. The smallest absolute Gasteiger partial charge is 0.338 e. The normalized spacial score (nSPS) is 35.0. The molecule has 0 spiro atoms. The number of hydrogen-bond donors (Lipinski definition) is 2. The van der Waals surface area contributed by atoms with Crippen LogP contribution in [0.25, 0.3) is 0 Å². The highest BCUT2D eigenvalue weighted by molar-refractivity contribution is 5.89. The van der Waals surface area contributed by atoms with Crippen LogP contribution in [0.3, 0.4) is 0 Å². The lowest BCUT2D eigenvalue weighted by atomic mass is 9.47. The summed E-state index contributed by atoms with van der Waals surface area (Å²) in [6.45, 7) is 14.9. The molecule has 2 bridgehead atoms. The molecule has 1 aromatic rings. The van der Waals surface area contributed by atoms with E-state index in [0.29, 0.717) is 11.1 Å². The number of aliphatic hydroxyl groups is 2. The van der Waals surface area contributed by atoms with Gasteiger partial charge in [0.2, 0.25) is 0 Å². The molecule has 4 rings (SSSR count). The molecule has 10 nitrogen and oxygen atoms in total. The lowest BCUT2D eigenvalue weighted by Crippen LogP contribution is -2.71. The summed E-state index contributed by atoms with van der Waals surface area (Å²) in [5.74, 6) is -3.60. The summed E-state index contributed by atoms with van der Waals surface area (Å²) >= 11 is 0. The Bertz CT molecular complexity index is 1350. The van der Waals surface area contributed by atoms with E-state index >= 15 is 0 Å². The second kappa shape index (κ2) is 11.5. The zero-order chi connectivity index (χ0) is 32.1. The Morgan fingerprint density at radius 3 is 2.02 bits per heavy atom. The van der Waals surface area contributed by atoms with Gasteiger partial charge in [-0.1, -0.05) is 45.5 Å². The molecule has 0 aromatic heterocycles. The minimum atomic E-state index is -1.95. The Labute approximate surface area is 252 Å². The first-order chi connectivity index (χ1) is 20.0. The van der Waals surface area contributed by atoms with E-state index in [1.54, 1.807) is 58.0 Å². The van der Waals surface area contributed by atoms with Crippen molar-refractivity contribution < 1.29 is 48.3 Å². The zero-order valence-corrected chi connectivity index (χ0v) is 25.8. The minimum absolute atomic E-state index is 0.164. The van der Waals surface area contributed by atoms with Crippen molar-refractivity contribution in [2.45, 2.75) is 104 Å². The summed E-state index contributed by atoms with van der Waals surface area (Å²) in [6, 6.07) is 8.29. The van der Waals surface area contributed by atoms with Gasteiger partial charge in [-0.2, -0.15) is 0 Å². The van der Waals surface area contributed by atoms with Crippen LogP contribution in [0, 0.1) is 16.7 Å². The maximum atomic E-state index is 13.7. The first kappa shape index (κ1) is 32.4. The third-order valence-electron chi connectivity index (χ3n) is 9.77. The third-order valence-corrected chi connectivity index (χ3v) is 9.77. The van der Waals surface area contributed by atoms with E-state index in [9.17, 15) is 29.4 Å². The van der Waals surface area contributed by atoms with Crippen molar-refractivity contribution in [2.75, 3.05) is 0 Å². The monoisotopic (exact) mass is 598 g/mol. The van der Waals surface area contributed by atoms with Crippen molar-refractivity contribution in [3.05, 3.63) is 59.2 Å². The van der Waals surface area contributed by atoms with Gasteiger partial charge in [0.05, 0.1) is 11.7 Å². The maximum absolute atomic E-state index is 13.7. The van der Waals surface area contributed by atoms with Crippen LogP contribution in [-0.4, -0.2) is 70.2 Å². The standard InChI is InChI=1S/C33H42O10/c1-17-23(37)14-15-32(8)26(17)28(43-30(38)22-12-10-9-11-13-22)33(39)16-24(40-19(3)34)18(2)25(31(33,6)7)27(41-20(4)35)29(32)42-21(5)36/h9-13,23-24,26-29,37,39H,1,14-16H2,2-8H3/t23-,24-,26-,27+,28+,29-,32+,33+/m0/s1. The molecule has 0 aliphatic heterocycles. The summed E-state index contributed by atoms with van der Waals surface area (Å²) in [5.41, 5.74) is -2.96. The van der Waals surface area contributed by atoms with Gasteiger partial charge in [-0.05, 0) is 48.6 Å². The van der Waals surface area contributed by atoms with Crippen molar-refractivity contribution in [3.63, 3.8) is 0 Å². The zero-order valence-electron chi connectivity index (χ0n) is 25.8. The van der Waals surface area contributed by atoms with Crippen molar-refractivity contribution in [1.82, 2.24) is 0 Å². The number of esters is 4. The van der Waals surface area contributed by atoms with Crippen molar-refractivity contribution >= 4 is 23.9 Å². The van der Waals surface area contributed by atoms with Crippen LogP contribution < -0.4 is 0 Å². The SMILES string of the molecule is C=C1[C@@H](O)CC[C@@]2(C)[C@@H](OC(C)=O)[C@H](OC(C)=O)C3=C(C)[C@@H](OC(C)=O)C[C@@](O)([C@H](OC(=O)c4ccccc4)[C@H]12)C3(C)C. The molecule has 2 fully saturated rings. The average molecular weight is 599 g/mol. The molecular formula is C33H42O10. The first-order valence-corrected chi connectivity index (χ1v) is 14.5. The third kappa shape index (κ3) is 5.51. The van der Waals surface area contributed by atoms with E-state index in [0.717, 1.165) is 0 Å². The Kier molecular flexibility index (Phi) is 8.70. The van der Waals surface area contributed by atoms with Gasteiger partial charge in [-0.15, -0.1) is 0 Å². The summed E-state index contributed by atoms with van der Waals surface area (Å²) in [5, 5.41) is 24.1. The van der Waals surface area contributed by atoms with Gasteiger partial charge in [0.1, 0.15) is 23.9 Å². The predicted octanol–water partition coefficient (Wildman–Crippen LogP) is 3.83. The van der Waals surface area contributed by atoms with Crippen molar-refractivity contribution in [2.24, 2.45) is 16.7 Å². The fourth-order valence-corrected chi connectivity index (χ4v) is 7.62. The number of carbonyl (C=O) groups excluding carboxylic acids is 4. The van der Waals surface area contributed by atoms with Gasteiger partial charge in [0.25, 0.3) is 0 Å². The van der Waals surface area contributed by atoms with Gasteiger partial charge < -0.3 is 29.2 Å². The molecule has 0 saturated heterocycles. The van der Waals surface area contributed by atoms with E-state index in [-0.39, 0.29) is 30.4 Å². The molecule has 8 atom stereocenters. The van der Waals surface area contributed by atoms with E-state index in [2.05, 4.69) is 6.58 Å². The number of ether oxygens (including phenoxy) is 4. The van der Waals surface area contributed by atoms with Crippen molar-refractivity contribution in [1.29, 1.82) is 0 Å². The van der Waals surface area contributed by atoms with Crippen LogP contribution in [-0.2, 0) is 33.3 Å². The Morgan fingerprint density at radius 2 is 1.47 bits per heavy atom. The average Bonchev–Trinajstić information content (AvgIpc) is 2.91. The molecule has 2 saturated carbocycles. The Morgan fingerprint density at radius 1 is 0.884 bits per heavy atom. The Hall–Kier alpha value is -3.50. The van der Waals surface area contributed by atoms with Crippen LogP contribution in [0.15, 0.2) is 53.6 Å². The first-order valence-electron chi connectivity index (χ1n) is 14.5. The quantitative estimate of drug-likeness (QED) is 0.291. The van der Waals surface area contributed by atoms with Crippen molar-refractivity contribution in [3.8, 4) is 0 Å². The van der Waals surface area contributed by atoms with E-state index < -0.39 is 76.7 Å². The highest BCUT2D eigenvalue weighted by Gasteiger charge is 2.69. The number of benzene rings is 1. The molecule has 3 aliphatic rings. The van der Waals surface area contributed by atoms with Crippen LogP contribution in [0.5, 0.6) is 0 Å². The molecule has 2 N–H and O–H groups in total. The molecule has 10 heteroatoms. The van der Waals surface area contributed by atoms with Gasteiger partial charge >= 0.3 is 23.9 Å². The van der Waals surface area contributed by atoms with E-state index in [4.69, 9.17) is 18.9 Å². The molecule has 0 amide bonds. The highest BCUT2D eigenvalue weighted by Crippen LogP contribution is 2.62. The van der Waals surface area contributed by atoms with E-state index in [1.165, 1.54) is 20.8 Å². The Balaban J connectivity index is 2.09. The molecule has 234 valence electrons. The number of aliphatic hydroxyl groups excluding tert-OH is 1. The largest absolute Gasteiger partial charge is 0.458 e. The fraction of sp³-hybridized carbons (Fsp3) is 0.576. The summed E-state index contributed by atoms with van der Waals surface area (Å²) in [7, 11) is 0. The van der Waals surface area contributed by atoms with Gasteiger partial charge in [-0.3, -0.25) is 14.4 Å². The predicted molar refractivity (Wildman–Crippen MR) is 154 cm³/mol. The van der Waals surface area contributed by atoms with Gasteiger partial charge in [0.15, 0.2) is 6.10 Å². The molecule has 1 aromatic carbocycles. The topological polar surface area (TPSA) is 146 Å².